The van der Waals surface area contributed by atoms with E-state index in [1.807, 2.05) is 25.1 Å². The second-order valence-corrected chi connectivity index (χ2v) is 6.97. The molecule has 1 saturated heterocycles. The van der Waals surface area contributed by atoms with Gasteiger partial charge in [0, 0.05) is 42.2 Å². The summed E-state index contributed by atoms with van der Waals surface area (Å²) >= 11 is 0. The van der Waals surface area contributed by atoms with E-state index < -0.39 is 0 Å². The number of fused-ring (bicyclic) bond motifs is 1. The number of nitrogens with one attached hydrogen (secondary N) is 2. The standard InChI is InChI=1S/C22H22FN3O2/c1-14-10-20(26-21-11-17(23)6-7-19(14)21)15-2-4-16(5-3-15)22(27)25-13-18-12-24-8-9-28-18/h2-7,10-11,18,24H,8-9,12-13H2,1H3,(H,25,27)/t18-/m0/s1. The van der Waals surface area contributed by atoms with E-state index in [-0.39, 0.29) is 17.8 Å². The summed E-state index contributed by atoms with van der Waals surface area (Å²) < 4.78 is 19.1. The number of amides is 1. The van der Waals surface area contributed by atoms with Crippen molar-refractivity contribution in [1.29, 1.82) is 0 Å². The molecule has 0 saturated carbocycles. The normalized spacial score (nSPS) is 16.9. The fourth-order valence-electron chi connectivity index (χ4n) is 3.38. The molecule has 2 aromatic carbocycles. The van der Waals surface area contributed by atoms with E-state index in [9.17, 15) is 9.18 Å². The molecule has 1 aliphatic rings. The maximum Gasteiger partial charge on any atom is 0.251 e. The number of carbonyl (C=O) groups is 1. The van der Waals surface area contributed by atoms with Crippen LogP contribution in [0.15, 0.2) is 48.5 Å². The van der Waals surface area contributed by atoms with Gasteiger partial charge in [-0.2, -0.15) is 0 Å². The summed E-state index contributed by atoms with van der Waals surface area (Å²) in [5.74, 6) is -0.439. The highest BCUT2D eigenvalue weighted by Gasteiger charge is 2.15. The Hall–Kier alpha value is -2.83. The Bertz CT molecular complexity index is 999. The van der Waals surface area contributed by atoms with Crippen molar-refractivity contribution in [3.8, 4) is 11.3 Å². The quantitative estimate of drug-likeness (QED) is 0.731. The average Bonchev–Trinajstić information content (AvgIpc) is 2.72. The summed E-state index contributed by atoms with van der Waals surface area (Å²) in [6.45, 7) is 4.71. The lowest BCUT2D eigenvalue weighted by Gasteiger charge is -2.23. The number of carbonyl (C=O) groups excluding carboxylic acids is 1. The van der Waals surface area contributed by atoms with Crippen molar-refractivity contribution in [2.45, 2.75) is 13.0 Å². The van der Waals surface area contributed by atoms with Crippen molar-refractivity contribution in [2.24, 2.45) is 0 Å². The Labute approximate surface area is 162 Å². The molecule has 2 heterocycles. The van der Waals surface area contributed by atoms with Gasteiger partial charge in [-0.3, -0.25) is 4.79 Å². The van der Waals surface area contributed by atoms with E-state index in [1.165, 1.54) is 12.1 Å². The van der Waals surface area contributed by atoms with Crippen molar-refractivity contribution in [3.63, 3.8) is 0 Å². The van der Waals surface area contributed by atoms with Crippen LogP contribution in [0.5, 0.6) is 0 Å². The lowest BCUT2D eigenvalue weighted by atomic mass is 10.0. The van der Waals surface area contributed by atoms with E-state index in [2.05, 4.69) is 15.6 Å². The van der Waals surface area contributed by atoms with Crippen LogP contribution < -0.4 is 10.6 Å². The first-order valence-electron chi connectivity index (χ1n) is 9.38. The molecule has 1 atom stereocenters. The highest BCUT2D eigenvalue weighted by molar-refractivity contribution is 5.94. The van der Waals surface area contributed by atoms with Crippen molar-refractivity contribution >= 4 is 16.8 Å². The van der Waals surface area contributed by atoms with Gasteiger partial charge in [0.25, 0.3) is 5.91 Å². The predicted molar refractivity (Wildman–Crippen MR) is 107 cm³/mol. The maximum atomic E-state index is 13.6. The number of morpholine rings is 1. The fraction of sp³-hybridized carbons (Fsp3) is 0.273. The van der Waals surface area contributed by atoms with Gasteiger partial charge < -0.3 is 15.4 Å². The van der Waals surface area contributed by atoms with Gasteiger partial charge >= 0.3 is 0 Å². The number of ether oxygens (including phenoxy) is 1. The van der Waals surface area contributed by atoms with Crippen LogP contribution in [0.2, 0.25) is 0 Å². The second-order valence-electron chi connectivity index (χ2n) is 6.97. The number of hydrogen-bond donors (Lipinski definition) is 2. The zero-order chi connectivity index (χ0) is 19.5. The molecule has 144 valence electrons. The first kappa shape index (κ1) is 18.5. The smallest absolute Gasteiger partial charge is 0.251 e. The Balaban J connectivity index is 1.49. The number of nitrogens with zero attached hydrogens (tertiary/aromatic N) is 1. The summed E-state index contributed by atoms with van der Waals surface area (Å²) in [4.78, 5) is 16.9. The molecule has 4 rings (SSSR count). The lowest BCUT2D eigenvalue weighted by molar-refractivity contribution is 0.0287. The lowest BCUT2D eigenvalue weighted by Crippen LogP contribution is -2.45. The zero-order valence-electron chi connectivity index (χ0n) is 15.7. The number of hydrogen-bond acceptors (Lipinski definition) is 4. The van der Waals surface area contributed by atoms with Crippen LogP contribution in [0.4, 0.5) is 4.39 Å². The molecule has 2 N–H and O–H groups in total. The van der Waals surface area contributed by atoms with Crippen molar-refractivity contribution in [1.82, 2.24) is 15.6 Å². The molecular weight excluding hydrogens is 357 g/mol. The molecule has 1 aliphatic heterocycles. The Kier molecular flexibility index (Phi) is 5.32. The largest absolute Gasteiger partial charge is 0.374 e. The summed E-state index contributed by atoms with van der Waals surface area (Å²) in [6, 6.07) is 13.9. The summed E-state index contributed by atoms with van der Waals surface area (Å²) in [7, 11) is 0. The summed E-state index contributed by atoms with van der Waals surface area (Å²) in [5.41, 5.74) is 3.87. The number of aryl methyl sites for hydroxylation is 1. The minimum absolute atomic E-state index is 0.00198. The maximum absolute atomic E-state index is 13.6. The Morgan fingerprint density at radius 2 is 2.07 bits per heavy atom. The molecule has 1 aromatic heterocycles. The topological polar surface area (TPSA) is 63.2 Å². The van der Waals surface area contributed by atoms with Crippen LogP contribution in [0.25, 0.3) is 22.2 Å². The molecule has 1 amide bonds. The average molecular weight is 379 g/mol. The van der Waals surface area contributed by atoms with Crippen molar-refractivity contribution < 1.29 is 13.9 Å². The summed E-state index contributed by atoms with van der Waals surface area (Å²) in [6.07, 6.45) is 0.00198. The van der Waals surface area contributed by atoms with Crippen LogP contribution in [0.1, 0.15) is 15.9 Å². The van der Waals surface area contributed by atoms with Gasteiger partial charge in [-0.25, -0.2) is 9.37 Å². The van der Waals surface area contributed by atoms with Gasteiger partial charge in [-0.15, -0.1) is 0 Å². The molecule has 0 aliphatic carbocycles. The number of aromatic nitrogens is 1. The third kappa shape index (κ3) is 4.03. The second kappa shape index (κ2) is 8.04. The molecule has 6 heteroatoms. The monoisotopic (exact) mass is 379 g/mol. The van der Waals surface area contributed by atoms with Crippen molar-refractivity contribution in [3.05, 3.63) is 65.5 Å². The molecule has 28 heavy (non-hydrogen) atoms. The first-order valence-corrected chi connectivity index (χ1v) is 9.38. The zero-order valence-corrected chi connectivity index (χ0v) is 15.7. The third-order valence-electron chi connectivity index (χ3n) is 4.92. The minimum Gasteiger partial charge on any atom is -0.374 e. The van der Waals surface area contributed by atoms with Gasteiger partial charge in [-0.05, 0) is 42.8 Å². The van der Waals surface area contributed by atoms with Gasteiger partial charge in [0.05, 0.1) is 23.9 Å². The Morgan fingerprint density at radius 3 is 2.82 bits per heavy atom. The van der Waals surface area contributed by atoms with Gasteiger partial charge in [-0.1, -0.05) is 12.1 Å². The van der Waals surface area contributed by atoms with E-state index in [4.69, 9.17) is 4.74 Å². The molecule has 3 aromatic rings. The van der Waals surface area contributed by atoms with Gasteiger partial charge in [0.2, 0.25) is 0 Å². The van der Waals surface area contributed by atoms with Gasteiger partial charge in [0.1, 0.15) is 5.82 Å². The highest BCUT2D eigenvalue weighted by atomic mass is 19.1. The highest BCUT2D eigenvalue weighted by Crippen LogP contribution is 2.25. The number of halogens is 1. The molecule has 0 bridgehead atoms. The van der Waals surface area contributed by atoms with E-state index in [0.717, 1.165) is 35.3 Å². The fourth-order valence-corrected chi connectivity index (χ4v) is 3.38. The van der Waals surface area contributed by atoms with E-state index in [1.54, 1.807) is 18.2 Å². The van der Waals surface area contributed by atoms with E-state index in [0.29, 0.717) is 24.2 Å². The van der Waals surface area contributed by atoms with Crippen LogP contribution in [0.3, 0.4) is 0 Å². The van der Waals surface area contributed by atoms with Crippen LogP contribution >= 0.6 is 0 Å². The molecule has 5 nitrogen and oxygen atoms in total. The molecule has 0 spiro atoms. The molecule has 1 fully saturated rings. The summed E-state index contributed by atoms with van der Waals surface area (Å²) in [5, 5.41) is 7.08. The third-order valence-corrected chi connectivity index (χ3v) is 4.92. The predicted octanol–water partition coefficient (Wildman–Crippen LogP) is 3.07. The minimum atomic E-state index is -0.305. The van der Waals surface area contributed by atoms with Gasteiger partial charge in [0.15, 0.2) is 0 Å². The van der Waals surface area contributed by atoms with Crippen LogP contribution in [-0.2, 0) is 4.74 Å². The van der Waals surface area contributed by atoms with Crippen LogP contribution in [0, 0.1) is 12.7 Å². The SMILES string of the molecule is Cc1cc(-c2ccc(C(=O)NC[C@@H]3CNCCO3)cc2)nc2cc(F)ccc12. The number of benzene rings is 2. The molecule has 0 unspecified atom stereocenters. The number of pyridine rings is 1. The molecular formula is C22H22FN3O2. The first-order chi connectivity index (χ1) is 13.6. The van der Waals surface area contributed by atoms with Crippen molar-refractivity contribution in [2.75, 3.05) is 26.2 Å². The molecule has 0 radical (unpaired) electrons. The number of rotatable bonds is 4. The van der Waals surface area contributed by atoms with E-state index >= 15 is 0 Å². The van der Waals surface area contributed by atoms with Crippen LogP contribution in [-0.4, -0.2) is 43.2 Å². The Morgan fingerprint density at radius 1 is 1.25 bits per heavy atom.